The molecule has 0 aliphatic rings. The summed E-state index contributed by atoms with van der Waals surface area (Å²) in [7, 11) is 1.72. The topological polar surface area (TPSA) is 44.1 Å². The molecular formula is C13H9BrN2OS. The number of halogens is 1. The molecule has 0 aliphatic carbocycles. The average molecular weight is 321 g/mol. The molecule has 0 aliphatic heterocycles. The van der Waals surface area contributed by atoms with Crippen LogP contribution in [0.15, 0.2) is 39.5 Å². The van der Waals surface area contributed by atoms with Crippen molar-refractivity contribution in [2.45, 2.75) is 0 Å². The summed E-state index contributed by atoms with van der Waals surface area (Å²) in [5.74, 6) is -0.0679. The molecule has 0 bridgehead atoms. The Morgan fingerprint density at radius 2 is 2.06 bits per heavy atom. The van der Waals surface area contributed by atoms with E-state index in [1.807, 2.05) is 11.4 Å². The maximum atomic E-state index is 12.2. The lowest BCUT2D eigenvalue weighted by Crippen LogP contribution is -2.25. The second-order valence-electron chi connectivity index (χ2n) is 3.66. The summed E-state index contributed by atoms with van der Waals surface area (Å²) in [6.07, 6.45) is 0. The summed E-state index contributed by atoms with van der Waals surface area (Å²) in [6.45, 7) is 0. The van der Waals surface area contributed by atoms with E-state index in [0.717, 1.165) is 9.47 Å². The van der Waals surface area contributed by atoms with Gasteiger partial charge in [0.05, 0.1) is 21.0 Å². The number of nitriles is 1. The van der Waals surface area contributed by atoms with Gasteiger partial charge in [0.1, 0.15) is 0 Å². The van der Waals surface area contributed by atoms with Crippen molar-refractivity contribution < 1.29 is 4.79 Å². The van der Waals surface area contributed by atoms with E-state index < -0.39 is 0 Å². The third kappa shape index (κ3) is 2.61. The fourth-order valence-corrected chi connectivity index (χ4v) is 2.62. The van der Waals surface area contributed by atoms with Crippen LogP contribution in [0, 0.1) is 11.3 Å². The van der Waals surface area contributed by atoms with E-state index in [-0.39, 0.29) is 5.91 Å². The molecule has 2 aromatic rings. The first-order valence-corrected chi connectivity index (χ1v) is 6.81. The average Bonchev–Trinajstić information content (AvgIpc) is 2.84. The van der Waals surface area contributed by atoms with Gasteiger partial charge in [0.25, 0.3) is 5.91 Å². The highest BCUT2D eigenvalue weighted by molar-refractivity contribution is 9.11. The smallest absolute Gasteiger partial charge is 0.258 e. The highest BCUT2D eigenvalue weighted by Crippen LogP contribution is 2.23. The molecule has 0 atom stereocenters. The molecule has 18 heavy (non-hydrogen) atoms. The Hall–Kier alpha value is -1.64. The first kappa shape index (κ1) is 12.8. The van der Waals surface area contributed by atoms with Gasteiger partial charge in [-0.1, -0.05) is 0 Å². The van der Waals surface area contributed by atoms with Gasteiger partial charge in [-0.15, -0.1) is 11.3 Å². The second-order valence-corrected chi connectivity index (χ2v) is 5.95. The minimum absolute atomic E-state index is 0.0679. The molecule has 0 saturated carbocycles. The van der Waals surface area contributed by atoms with Gasteiger partial charge in [-0.2, -0.15) is 5.26 Å². The standard InChI is InChI=1S/C13H9BrN2OS/c1-16(11-4-2-9(7-15)3-5-11)13(17)10-6-12(14)18-8-10/h2-6,8H,1H3. The zero-order valence-corrected chi connectivity index (χ0v) is 12.0. The van der Waals surface area contributed by atoms with E-state index in [9.17, 15) is 4.79 Å². The van der Waals surface area contributed by atoms with Gasteiger partial charge in [0.15, 0.2) is 0 Å². The Morgan fingerprint density at radius 1 is 1.39 bits per heavy atom. The second kappa shape index (κ2) is 5.34. The fraction of sp³-hybridized carbons (Fsp3) is 0.0769. The van der Waals surface area contributed by atoms with Crippen molar-refractivity contribution in [2.24, 2.45) is 0 Å². The van der Waals surface area contributed by atoms with Gasteiger partial charge in [-0.05, 0) is 46.3 Å². The van der Waals surface area contributed by atoms with Gasteiger partial charge >= 0.3 is 0 Å². The molecule has 3 nitrogen and oxygen atoms in total. The molecule has 0 N–H and O–H groups in total. The summed E-state index contributed by atoms with van der Waals surface area (Å²) >= 11 is 4.81. The van der Waals surface area contributed by atoms with Gasteiger partial charge in [0.2, 0.25) is 0 Å². The van der Waals surface area contributed by atoms with Crippen molar-refractivity contribution in [3.05, 3.63) is 50.6 Å². The summed E-state index contributed by atoms with van der Waals surface area (Å²) in [4.78, 5) is 13.7. The maximum absolute atomic E-state index is 12.2. The third-order valence-electron chi connectivity index (χ3n) is 2.50. The minimum Gasteiger partial charge on any atom is -0.311 e. The lowest BCUT2D eigenvalue weighted by molar-refractivity contribution is 0.0993. The quantitative estimate of drug-likeness (QED) is 0.847. The van der Waals surface area contributed by atoms with Crippen LogP contribution >= 0.6 is 27.3 Å². The third-order valence-corrected chi connectivity index (χ3v) is 4.01. The van der Waals surface area contributed by atoms with Crippen molar-refractivity contribution in [1.82, 2.24) is 0 Å². The van der Waals surface area contributed by atoms with Crippen LogP contribution in [0.5, 0.6) is 0 Å². The van der Waals surface area contributed by atoms with Crippen LogP contribution in [0.2, 0.25) is 0 Å². The molecule has 0 radical (unpaired) electrons. The molecule has 1 aromatic heterocycles. The number of thiophene rings is 1. The Morgan fingerprint density at radius 3 is 2.56 bits per heavy atom. The van der Waals surface area contributed by atoms with Crippen LogP contribution in [-0.4, -0.2) is 13.0 Å². The van der Waals surface area contributed by atoms with E-state index in [1.54, 1.807) is 42.3 Å². The Balaban J connectivity index is 2.23. The van der Waals surface area contributed by atoms with E-state index in [1.165, 1.54) is 11.3 Å². The van der Waals surface area contributed by atoms with Crippen LogP contribution in [-0.2, 0) is 0 Å². The first-order valence-electron chi connectivity index (χ1n) is 5.14. The normalized spacial score (nSPS) is 9.83. The largest absolute Gasteiger partial charge is 0.311 e. The predicted octanol–water partition coefficient (Wildman–Crippen LogP) is 3.66. The predicted molar refractivity (Wildman–Crippen MR) is 75.9 cm³/mol. The van der Waals surface area contributed by atoms with E-state index in [4.69, 9.17) is 5.26 Å². The summed E-state index contributed by atoms with van der Waals surface area (Å²) in [6, 6.07) is 10.8. The molecule has 1 heterocycles. The van der Waals surface area contributed by atoms with Crippen molar-refractivity contribution in [1.29, 1.82) is 5.26 Å². The van der Waals surface area contributed by atoms with Crippen LogP contribution in [0.3, 0.4) is 0 Å². The van der Waals surface area contributed by atoms with Gasteiger partial charge in [-0.3, -0.25) is 4.79 Å². The first-order chi connectivity index (χ1) is 8.61. The van der Waals surface area contributed by atoms with Crippen molar-refractivity contribution in [3.63, 3.8) is 0 Å². The van der Waals surface area contributed by atoms with E-state index in [0.29, 0.717) is 11.1 Å². The molecule has 5 heteroatoms. The van der Waals surface area contributed by atoms with E-state index >= 15 is 0 Å². The summed E-state index contributed by atoms with van der Waals surface area (Å²) in [5, 5.41) is 10.5. The molecule has 0 fully saturated rings. The summed E-state index contributed by atoms with van der Waals surface area (Å²) in [5.41, 5.74) is 2.00. The van der Waals surface area contributed by atoms with Crippen molar-refractivity contribution in [3.8, 4) is 6.07 Å². The molecule has 2 rings (SSSR count). The number of nitrogens with zero attached hydrogens (tertiary/aromatic N) is 2. The number of carbonyl (C=O) groups is 1. The van der Waals surface area contributed by atoms with Crippen molar-refractivity contribution in [2.75, 3.05) is 11.9 Å². The highest BCUT2D eigenvalue weighted by atomic mass is 79.9. The molecule has 0 spiro atoms. The summed E-state index contributed by atoms with van der Waals surface area (Å²) < 4.78 is 0.930. The van der Waals surface area contributed by atoms with Crippen LogP contribution < -0.4 is 4.90 Å². The van der Waals surface area contributed by atoms with Gasteiger partial charge in [-0.25, -0.2) is 0 Å². The zero-order valence-electron chi connectivity index (χ0n) is 9.55. The van der Waals surface area contributed by atoms with Crippen LogP contribution in [0.4, 0.5) is 5.69 Å². The van der Waals surface area contributed by atoms with Crippen LogP contribution in [0.25, 0.3) is 0 Å². The zero-order chi connectivity index (χ0) is 13.1. The Bertz CT molecular complexity index is 613. The molecule has 0 saturated heterocycles. The lowest BCUT2D eigenvalue weighted by Gasteiger charge is -2.16. The molecular weight excluding hydrogens is 312 g/mol. The molecule has 1 aromatic carbocycles. The monoisotopic (exact) mass is 320 g/mol. The van der Waals surface area contributed by atoms with Gasteiger partial charge < -0.3 is 4.90 Å². The molecule has 0 unspecified atom stereocenters. The maximum Gasteiger partial charge on any atom is 0.258 e. The highest BCUT2D eigenvalue weighted by Gasteiger charge is 2.14. The number of benzene rings is 1. The number of carbonyl (C=O) groups excluding carboxylic acids is 1. The van der Waals surface area contributed by atoms with Crippen molar-refractivity contribution >= 4 is 38.9 Å². The Labute approximate surface area is 117 Å². The lowest BCUT2D eigenvalue weighted by atomic mass is 10.2. The molecule has 1 amide bonds. The minimum atomic E-state index is -0.0679. The van der Waals surface area contributed by atoms with Crippen LogP contribution in [0.1, 0.15) is 15.9 Å². The number of rotatable bonds is 2. The number of anilines is 1. The number of hydrogen-bond donors (Lipinski definition) is 0. The fourth-order valence-electron chi connectivity index (χ4n) is 1.49. The van der Waals surface area contributed by atoms with E-state index in [2.05, 4.69) is 15.9 Å². The number of amides is 1. The SMILES string of the molecule is CN(C(=O)c1csc(Br)c1)c1ccc(C#N)cc1. The molecule has 90 valence electrons. The number of hydrogen-bond acceptors (Lipinski definition) is 3. The van der Waals surface area contributed by atoms with Gasteiger partial charge in [0, 0.05) is 18.1 Å². The Kier molecular flexibility index (Phi) is 3.80.